The van der Waals surface area contributed by atoms with Crippen molar-refractivity contribution in [2.24, 2.45) is 10.9 Å². The van der Waals surface area contributed by atoms with Crippen LogP contribution in [-0.2, 0) is 21.8 Å². The molecular formula is C15H26FeLiNOS+2. The van der Waals surface area contributed by atoms with E-state index in [1.165, 1.54) is 51.4 Å². The Morgan fingerprint density at radius 2 is 1.85 bits per heavy atom. The molecule has 5 heteroatoms. The van der Waals surface area contributed by atoms with Crippen LogP contribution in [0, 0.1) is 12.3 Å². The van der Waals surface area contributed by atoms with Gasteiger partial charge in [-0.2, -0.15) is 18.2 Å². The van der Waals surface area contributed by atoms with Gasteiger partial charge in [0.2, 0.25) is 0 Å². The summed E-state index contributed by atoms with van der Waals surface area (Å²) in [4.78, 5) is 4.60. The fourth-order valence-electron chi connectivity index (χ4n) is 2.80. The van der Waals surface area contributed by atoms with Crippen LogP contribution in [0.5, 0.6) is 0 Å². The first-order valence-electron chi connectivity index (χ1n) is 7.43. The number of hydrogen-bond acceptors (Lipinski definition) is 3. The third-order valence-electron chi connectivity index (χ3n) is 3.83. The third-order valence-corrected chi connectivity index (χ3v) is 4.55. The molecule has 0 aromatic heterocycles. The standard InChI is InChI=1S/C10H16NOS.C5H10.Fe.Li/c1-13-7-9-6-12-10(11-9)8-4-2-3-5-8;1-2-4-5-3-1;;/h4,8-9H,2-3,5-7H2,1H3;1-5H2;;/q-1;;+2;+1/t8?,9-;;;/m1.../s1. The van der Waals surface area contributed by atoms with Crippen molar-refractivity contribution in [3.8, 4) is 0 Å². The second kappa shape index (κ2) is 12.5. The zero-order valence-electron chi connectivity index (χ0n) is 12.9. The van der Waals surface area contributed by atoms with E-state index in [2.05, 4.69) is 17.7 Å². The van der Waals surface area contributed by atoms with E-state index in [0.29, 0.717) is 12.0 Å². The normalized spacial score (nSPS) is 27.6. The molecule has 110 valence electrons. The van der Waals surface area contributed by atoms with E-state index in [-0.39, 0.29) is 35.9 Å². The number of aliphatic imine (C=N–C) groups is 1. The molecule has 2 saturated carbocycles. The molecule has 0 N–H and O–H groups in total. The molecule has 0 spiro atoms. The van der Waals surface area contributed by atoms with E-state index < -0.39 is 0 Å². The van der Waals surface area contributed by atoms with Crippen molar-refractivity contribution in [1.29, 1.82) is 0 Å². The Bertz CT molecular complexity index is 261. The predicted octanol–water partition coefficient (Wildman–Crippen LogP) is 1.10. The van der Waals surface area contributed by atoms with Gasteiger partial charge in [0.05, 0.1) is 6.04 Å². The minimum atomic E-state index is 0. The largest absolute Gasteiger partial charge is 2.00 e. The molecular weight excluding hydrogens is 305 g/mol. The third kappa shape index (κ3) is 7.28. The summed E-state index contributed by atoms with van der Waals surface area (Å²) in [5, 5.41) is 0. The van der Waals surface area contributed by atoms with E-state index in [9.17, 15) is 0 Å². The van der Waals surface area contributed by atoms with Gasteiger partial charge in [-0.1, -0.05) is 50.9 Å². The Hall–Kier alpha value is 0.937. The van der Waals surface area contributed by atoms with Crippen LogP contribution >= 0.6 is 11.8 Å². The number of nitrogens with zero attached hydrogens (tertiary/aromatic N) is 1. The zero-order chi connectivity index (χ0) is 12.6. The van der Waals surface area contributed by atoms with Crippen molar-refractivity contribution >= 4 is 17.7 Å². The van der Waals surface area contributed by atoms with Crippen LogP contribution in [0.4, 0.5) is 0 Å². The molecule has 2 nitrogen and oxygen atoms in total. The predicted molar refractivity (Wildman–Crippen MR) is 80.3 cm³/mol. The summed E-state index contributed by atoms with van der Waals surface area (Å²) in [7, 11) is 0. The Balaban J connectivity index is 0.000000443. The topological polar surface area (TPSA) is 21.6 Å². The van der Waals surface area contributed by atoms with Crippen LogP contribution in [0.15, 0.2) is 4.99 Å². The maximum atomic E-state index is 5.61. The Labute approximate surface area is 151 Å². The second-order valence-corrected chi connectivity index (χ2v) is 6.34. The summed E-state index contributed by atoms with van der Waals surface area (Å²) in [6, 6.07) is 0.416. The van der Waals surface area contributed by atoms with Crippen molar-refractivity contribution < 1.29 is 40.7 Å². The molecule has 2 aliphatic carbocycles. The molecule has 20 heavy (non-hydrogen) atoms. The molecule has 0 aromatic rings. The minimum Gasteiger partial charge on any atom is -0.481 e. The summed E-state index contributed by atoms with van der Waals surface area (Å²) in [5.74, 6) is 2.64. The van der Waals surface area contributed by atoms with Crippen LogP contribution in [0.3, 0.4) is 0 Å². The minimum absolute atomic E-state index is 0. The first-order valence-corrected chi connectivity index (χ1v) is 8.82. The number of rotatable bonds is 3. The van der Waals surface area contributed by atoms with Crippen LogP contribution in [0.1, 0.15) is 51.4 Å². The van der Waals surface area contributed by atoms with Gasteiger partial charge in [0.25, 0.3) is 0 Å². The van der Waals surface area contributed by atoms with Crippen molar-refractivity contribution in [1.82, 2.24) is 0 Å². The number of thioether (sulfide) groups is 1. The van der Waals surface area contributed by atoms with Crippen LogP contribution in [0.2, 0.25) is 0 Å². The average Bonchev–Trinajstić information content (AvgIpc) is 3.14. The monoisotopic (exact) mass is 331 g/mol. The van der Waals surface area contributed by atoms with E-state index in [1.54, 1.807) is 0 Å². The summed E-state index contributed by atoms with van der Waals surface area (Å²) in [6.07, 6.45) is 15.8. The van der Waals surface area contributed by atoms with Gasteiger partial charge in [-0.3, -0.25) is 0 Å². The van der Waals surface area contributed by atoms with Gasteiger partial charge in [-0.25, -0.2) is 4.99 Å². The Morgan fingerprint density at radius 1 is 1.20 bits per heavy atom. The molecule has 0 bridgehead atoms. The maximum Gasteiger partial charge on any atom is 2.00 e. The molecule has 0 radical (unpaired) electrons. The van der Waals surface area contributed by atoms with Crippen molar-refractivity contribution in [2.45, 2.75) is 57.4 Å². The number of hydrogen-bond donors (Lipinski definition) is 0. The van der Waals surface area contributed by atoms with Gasteiger partial charge in [-0.15, -0.1) is 0 Å². The summed E-state index contributed by atoms with van der Waals surface area (Å²) in [6.45, 7) is 0.806. The Morgan fingerprint density at radius 3 is 2.35 bits per heavy atom. The van der Waals surface area contributed by atoms with Gasteiger partial charge >= 0.3 is 35.9 Å². The molecule has 0 amide bonds. The first kappa shape index (κ1) is 20.9. The van der Waals surface area contributed by atoms with Crippen LogP contribution in [0.25, 0.3) is 0 Å². The van der Waals surface area contributed by atoms with Crippen molar-refractivity contribution in [2.75, 3.05) is 18.6 Å². The van der Waals surface area contributed by atoms with E-state index in [0.717, 1.165) is 18.3 Å². The van der Waals surface area contributed by atoms with Crippen LogP contribution < -0.4 is 18.9 Å². The maximum absolute atomic E-state index is 5.61. The molecule has 0 aromatic carbocycles. The zero-order valence-corrected chi connectivity index (χ0v) is 14.8. The van der Waals surface area contributed by atoms with Gasteiger partial charge < -0.3 is 11.2 Å². The van der Waals surface area contributed by atoms with E-state index in [4.69, 9.17) is 4.74 Å². The number of ether oxygens (including phenoxy) is 1. The molecule has 1 heterocycles. The molecule has 3 rings (SSSR count). The van der Waals surface area contributed by atoms with Gasteiger partial charge in [0, 0.05) is 5.75 Å². The smallest absolute Gasteiger partial charge is 0.481 e. The van der Waals surface area contributed by atoms with E-state index >= 15 is 0 Å². The SMILES string of the molecule is C1CCCC1.CSC[C@H]1COC(C2[CH-]CCC2)=N1.[Fe+2].[Li+]. The molecule has 1 unspecified atom stereocenters. The van der Waals surface area contributed by atoms with Gasteiger partial charge in [-0.05, 0) is 6.26 Å². The van der Waals surface area contributed by atoms with Crippen LogP contribution in [-0.4, -0.2) is 30.6 Å². The van der Waals surface area contributed by atoms with Crippen molar-refractivity contribution in [3.05, 3.63) is 6.42 Å². The average molecular weight is 331 g/mol. The first-order chi connectivity index (χ1) is 8.90. The quantitative estimate of drug-likeness (QED) is 0.571. The molecule has 2 atom stereocenters. The summed E-state index contributed by atoms with van der Waals surface area (Å²) >= 11 is 1.85. The van der Waals surface area contributed by atoms with Gasteiger partial charge in [0.15, 0.2) is 5.90 Å². The molecule has 2 fully saturated rings. The van der Waals surface area contributed by atoms with E-state index in [1.807, 2.05) is 11.8 Å². The van der Waals surface area contributed by atoms with Gasteiger partial charge in [0.1, 0.15) is 6.61 Å². The molecule has 0 saturated heterocycles. The summed E-state index contributed by atoms with van der Waals surface area (Å²) < 4.78 is 5.61. The second-order valence-electron chi connectivity index (χ2n) is 5.43. The molecule has 1 aliphatic heterocycles. The molecule has 3 aliphatic rings. The fourth-order valence-corrected chi connectivity index (χ4v) is 3.35. The summed E-state index contributed by atoms with van der Waals surface area (Å²) in [5.41, 5.74) is 0. The Kier molecular flexibility index (Phi) is 13.1. The fraction of sp³-hybridized carbons (Fsp3) is 0.867. The van der Waals surface area contributed by atoms with Crippen molar-refractivity contribution in [3.63, 3.8) is 0 Å².